The van der Waals surface area contributed by atoms with Gasteiger partial charge in [-0.05, 0) is 24.3 Å². The van der Waals surface area contributed by atoms with E-state index in [0.717, 1.165) is 24.1 Å². The molecule has 0 aliphatic heterocycles. The normalized spacial score (nSPS) is 17.7. The van der Waals surface area contributed by atoms with E-state index in [1.165, 1.54) is 18.3 Å². The lowest BCUT2D eigenvalue weighted by Crippen LogP contribution is -2.45. The van der Waals surface area contributed by atoms with Crippen LogP contribution in [0.2, 0.25) is 0 Å². The maximum atomic E-state index is 12.3. The lowest BCUT2D eigenvalue weighted by Gasteiger charge is -2.33. The van der Waals surface area contributed by atoms with Crippen LogP contribution in [0.3, 0.4) is 0 Å². The van der Waals surface area contributed by atoms with Crippen molar-refractivity contribution in [2.75, 3.05) is 6.54 Å². The fraction of sp³-hybridized carbons (Fsp3) is 0.588. The predicted molar refractivity (Wildman–Crippen MR) is 91.7 cm³/mol. The Morgan fingerprint density at radius 3 is 2.54 bits per heavy atom. The largest absolute Gasteiger partial charge is 0.481 e. The zero-order chi connectivity index (χ0) is 17.6. The number of rotatable bonds is 7. The van der Waals surface area contributed by atoms with Crippen molar-refractivity contribution in [3.8, 4) is 0 Å². The highest BCUT2D eigenvalue weighted by Crippen LogP contribution is 2.36. The van der Waals surface area contributed by atoms with Crippen LogP contribution in [0.5, 0.6) is 0 Å². The van der Waals surface area contributed by atoms with Gasteiger partial charge in [0, 0.05) is 18.3 Å². The number of aliphatic carboxylic acids is 1. The first-order chi connectivity index (χ1) is 11.4. The Labute approximate surface area is 145 Å². The van der Waals surface area contributed by atoms with Crippen molar-refractivity contribution in [2.24, 2.45) is 5.41 Å². The van der Waals surface area contributed by atoms with Gasteiger partial charge in [-0.15, -0.1) is 11.3 Å². The van der Waals surface area contributed by atoms with Crippen LogP contribution in [0, 0.1) is 5.41 Å². The van der Waals surface area contributed by atoms with Crippen molar-refractivity contribution >= 4 is 29.1 Å². The van der Waals surface area contributed by atoms with Crippen molar-refractivity contribution in [3.63, 3.8) is 0 Å². The van der Waals surface area contributed by atoms with E-state index in [2.05, 4.69) is 10.6 Å². The van der Waals surface area contributed by atoms with Crippen LogP contribution in [0.4, 0.5) is 0 Å². The van der Waals surface area contributed by atoms with Crippen LogP contribution in [-0.4, -0.2) is 29.4 Å². The van der Waals surface area contributed by atoms with E-state index in [1.54, 1.807) is 0 Å². The molecule has 1 aromatic rings. The zero-order valence-corrected chi connectivity index (χ0v) is 14.7. The van der Waals surface area contributed by atoms with Gasteiger partial charge in [0.05, 0.1) is 17.9 Å². The van der Waals surface area contributed by atoms with E-state index < -0.39 is 11.4 Å². The molecule has 1 saturated carbocycles. The fourth-order valence-corrected chi connectivity index (χ4v) is 3.96. The molecular weight excluding hydrogens is 328 g/mol. The van der Waals surface area contributed by atoms with Crippen LogP contribution in [0.1, 0.15) is 56.4 Å². The molecule has 6 nitrogen and oxygen atoms in total. The van der Waals surface area contributed by atoms with Crippen LogP contribution >= 0.6 is 11.3 Å². The van der Waals surface area contributed by atoms with Crippen molar-refractivity contribution < 1.29 is 19.5 Å². The highest BCUT2D eigenvalue weighted by atomic mass is 32.1. The van der Waals surface area contributed by atoms with Gasteiger partial charge in [0.25, 0.3) is 0 Å². The Hall–Kier alpha value is -1.89. The Morgan fingerprint density at radius 2 is 2.00 bits per heavy atom. The molecule has 7 heteroatoms. The van der Waals surface area contributed by atoms with Crippen LogP contribution in [-0.2, 0) is 14.4 Å². The Bertz CT molecular complexity index is 579. The first-order valence-corrected chi connectivity index (χ1v) is 9.11. The first-order valence-electron chi connectivity index (χ1n) is 8.23. The first kappa shape index (κ1) is 18.4. The van der Waals surface area contributed by atoms with E-state index >= 15 is 0 Å². The molecule has 1 aliphatic carbocycles. The lowest BCUT2D eigenvalue weighted by molar-refractivity contribution is -0.151. The van der Waals surface area contributed by atoms with E-state index in [1.807, 2.05) is 17.5 Å². The average molecular weight is 352 g/mol. The molecule has 132 valence electrons. The molecule has 0 saturated heterocycles. The monoisotopic (exact) mass is 352 g/mol. The standard InChI is InChI=1S/C17H24N2O4S/c1-12(20)19-13(14-6-5-9-24-14)10-15(21)18-11-17(16(22)23)7-3-2-4-8-17/h5-6,9,13H,2-4,7-8,10-11H2,1H3,(H,18,21)(H,19,20)(H,22,23). The van der Waals surface area contributed by atoms with E-state index in [0.29, 0.717) is 12.8 Å². The number of carboxylic acid groups (broad SMARTS) is 1. The summed E-state index contributed by atoms with van der Waals surface area (Å²) in [5, 5.41) is 17.0. The summed E-state index contributed by atoms with van der Waals surface area (Å²) in [5.74, 6) is -1.27. The summed E-state index contributed by atoms with van der Waals surface area (Å²) in [5.41, 5.74) is -0.847. The summed E-state index contributed by atoms with van der Waals surface area (Å²) in [7, 11) is 0. The molecule has 1 atom stereocenters. The number of carbonyl (C=O) groups excluding carboxylic acids is 2. The molecule has 3 N–H and O–H groups in total. The molecule has 1 fully saturated rings. The number of hydrogen-bond donors (Lipinski definition) is 3. The van der Waals surface area contributed by atoms with Gasteiger partial charge in [0.15, 0.2) is 0 Å². The maximum Gasteiger partial charge on any atom is 0.311 e. The highest BCUT2D eigenvalue weighted by molar-refractivity contribution is 7.10. The molecule has 0 radical (unpaired) electrons. The van der Waals surface area contributed by atoms with Gasteiger partial charge in [-0.1, -0.05) is 25.3 Å². The fourth-order valence-electron chi connectivity index (χ4n) is 3.18. The summed E-state index contributed by atoms with van der Waals surface area (Å²) in [6, 6.07) is 3.36. The third-order valence-corrected chi connectivity index (χ3v) is 5.53. The second-order valence-electron chi connectivity index (χ2n) is 6.40. The van der Waals surface area contributed by atoms with Crippen LogP contribution in [0.25, 0.3) is 0 Å². The Balaban J connectivity index is 1.95. The van der Waals surface area contributed by atoms with Crippen molar-refractivity contribution in [2.45, 2.75) is 51.5 Å². The average Bonchev–Trinajstić information content (AvgIpc) is 3.07. The van der Waals surface area contributed by atoms with Gasteiger partial charge >= 0.3 is 5.97 Å². The second-order valence-corrected chi connectivity index (χ2v) is 7.37. The quantitative estimate of drug-likeness (QED) is 0.702. The lowest BCUT2D eigenvalue weighted by atomic mass is 9.74. The van der Waals surface area contributed by atoms with Gasteiger partial charge in [-0.25, -0.2) is 0 Å². The summed E-state index contributed by atoms with van der Waals surface area (Å²) < 4.78 is 0. The number of amides is 2. The number of thiophene rings is 1. The molecule has 2 rings (SSSR count). The minimum atomic E-state index is -0.847. The van der Waals surface area contributed by atoms with Gasteiger partial charge in [0.2, 0.25) is 11.8 Å². The Morgan fingerprint density at radius 1 is 1.29 bits per heavy atom. The molecule has 24 heavy (non-hydrogen) atoms. The summed E-state index contributed by atoms with van der Waals surface area (Å²) in [6.07, 6.45) is 4.12. The molecule has 1 heterocycles. The molecule has 1 unspecified atom stereocenters. The topological polar surface area (TPSA) is 95.5 Å². The molecule has 1 aliphatic rings. The van der Waals surface area contributed by atoms with Crippen molar-refractivity contribution in [3.05, 3.63) is 22.4 Å². The van der Waals surface area contributed by atoms with Gasteiger partial charge in [-0.2, -0.15) is 0 Å². The van der Waals surface area contributed by atoms with Crippen LogP contribution in [0.15, 0.2) is 17.5 Å². The van der Waals surface area contributed by atoms with Crippen LogP contribution < -0.4 is 10.6 Å². The number of nitrogens with one attached hydrogen (secondary N) is 2. The summed E-state index contributed by atoms with van der Waals surface area (Å²) >= 11 is 1.48. The molecular formula is C17H24N2O4S. The zero-order valence-electron chi connectivity index (χ0n) is 13.8. The third-order valence-electron chi connectivity index (χ3n) is 4.54. The molecule has 0 spiro atoms. The minimum absolute atomic E-state index is 0.107. The number of hydrogen-bond acceptors (Lipinski definition) is 4. The smallest absolute Gasteiger partial charge is 0.311 e. The van der Waals surface area contributed by atoms with E-state index in [9.17, 15) is 19.5 Å². The number of carbonyl (C=O) groups is 3. The van der Waals surface area contributed by atoms with Crippen molar-refractivity contribution in [1.82, 2.24) is 10.6 Å². The van der Waals surface area contributed by atoms with Gasteiger partial charge in [-0.3, -0.25) is 14.4 Å². The van der Waals surface area contributed by atoms with Gasteiger partial charge < -0.3 is 15.7 Å². The SMILES string of the molecule is CC(=O)NC(CC(=O)NCC1(C(=O)O)CCCCC1)c1cccs1. The molecule has 2 amide bonds. The maximum absolute atomic E-state index is 12.3. The van der Waals surface area contributed by atoms with Crippen molar-refractivity contribution in [1.29, 1.82) is 0 Å². The molecule has 1 aromatic heterocycles. The predicted octanol–water partition coefficient (Wildman–Crippen LogP) is 2.47. The van der Waals surface area contributed by atoms with Gasteiger partial charge in [0.1, 0.15) is 0 Å². The van der Waals surface area contributed by atoms with E-state index in [-0.39, 0.29) is 30.8 Å². The summed E-state index contributed by atoms with van der Waals surface area (Å²) in [4.78, 5) is 36.2. The third kappa shape index (κ3) is 4.80. The minimum Gasteiger partial charge on any atom is -0.481 e. The van der Waals surface area contributed by atoms with E-state index in [4.69, 9.17) is 0 Å². The second kappa shape index (κ2) is 8.28. The number of carboxylic acids is 1. The highest BCUT2D eigenvalue weighted by Gasteiger charge is 2.39. The Kier molecular flexibility index (Phi) is 6.36. The summed E-state index contributed by atoms with van der Waals surface area (Å²) in [6.45, 7) is 1.57. The molecule has 0 aromatic carbocycles. The molecule has 0 bridgehead atoms.